The first kappa shape index (κ1) is 22.4. The number of Topliss-reactive ketones (excluding diaryl/α,β-unsaturated/α-hetero) is 1. The van der Waals surface area contributed by atoms with Gasteiger partial charge in [0, 0.05) is 12.1 Å². The molecule has 1 atom stereocenters. The van der Waals surface area contributed by atoms with E-state index in [1.54, 1.807) is 49.6 Å². The summed E-state index contributed by atoms with van der Waals surface area (Å²) in [5.74, 6) is 0.0577. The third kappa shape index (κ3) is 4.74. The largest absolute Gasteiger partial charge is 0.507 e. The number of ether oxygens (including phenoxy) is 2. The van der Waals surface area contributed by atoms with Crippen molar-refractivity contribution in [2.75, 3.05) is 20.3 Å². The number of hydrogen-bond donors (Lipinski definition) is 1. The molecule has 2 aromatic carbocycles. The molecule has 1 N–H and O–H groups in total. The molecule has 0 aromatic heterocycles. The molecule has 0 radical (unpaired) electrons. The Morgan fingerprint density at radius 2 is 1.81 bits per heavy atom. The van der Waals surface area contributed by atoms with Crippen molar-refractivity contribution in [1.29, 1.82) is 0 Å². The van der Waals surface area contributed by atoms with Crippen LogP contribution in [-0.2, 0) is 9.59 Å². The summed E-state index contributed by atoms with van der Waals surface area (Å²) in [6, 6.07) is 13.5. The Morgan fingerprint density at radius 3 is 2.48 bits per heavy atom. The summed E-state index contributed by atoms with van der Waals surface area (Å²) in [5.41, 5.74) is 1.22. The highest BCUT2D eigenvalue weighted by molar-refractivity contribution is 6.46. The number of hydrogen-bond acceptors (Lipinski definition) is 5. The van der Waals surface area contributed by atoms with Gasteiger partial charge in [0.25, 0.3) is 11.7 Å². The van der Waals surface area contributed by atoms with Gasteiger partial charge in [-0.05, 0) is 42.2 Å². The van der Waals surface area contributed by atoms with E-state index in [2.05, 4.69) is 0 Å². The standard InChI is InChI=1S/C25H29NO5/c1-5-12-26-22(17-8-6-10-19(13-17)30-4)21(24(28)25(26)29)23(27)18-9-7-11-20(14-18)31-15-16(2)3/h6-11,13-14,16,22,27H,5,12,15H2,1-4H3/b23-21-. The maximum Gasteiger partial charge on any atom is 0.295 e. The molecule has 1 fully saturated rings. The van der Waals surface area contributed by atoms with Gasteiger partial charge in [0.2, 0.25) is 0 Å². The number of ketones is 1. The first-order valence-corrected chi connectivity index (χ1v) is 10.5. The van der Waals surface area contributed by atoms with Crippen molar-refractivity contribution < 1.29 is 24.2 Å². The van der Waals surface area contributed by atoms with Crippen molar-refractivity contribution in [1.82, 2.24) is 4.90 Å². The average Bonchev–Trinajstić information content (AvgIpc) is 3.02. The lowest BCUT2D eigenvalue weighted by molar-refractivity contribution is -0.139. The van der Waals surface area contributed by atoms with Gasteiger partial charge in [-0.15, -0.1) is 0 Å². The predicted molar refractivity (Wildman–Crippen MR) is 119 cm³/mol. The fourth-order valence-corrected chi connectivity index (χ4v) is 3.66. The summed E-state index contributed by atoms with van der Waals surface area (Å²) in [6.07, 6.45) is 0.687. The van der Waals surface area contributed by atoms with Gasteiger partial charge in [-0.3, -0.25) is 9.59 Å². The van der Waals surface area contributed by atoms with Gasteiger partial charge in [-0.25, -0.2) is 0 Å². The number of amides is 1. The van der Waals surface area contributed by atoms with Crippen LogP contribution in [0.4, 0.5) is 0 Å². The molecule has 0 spiro atoms. The zero-order valence-corrected chi connectivity index (χ0v) is 18.4. The van der Waals surface area contributed by atoms with Crippen molar-refractivity contribution in [2.24, 2.45) is 5.92 Å². The first-order chi connectivity index (χ1) is 14.9. The van der Waals surface area contributed by atoms with E-state index in [1.807, 2.05) is 26.8 Å². The number of methoxy groups -OCH3 is 1. The molecule has 2 aromatic rings. The number of rotatable bonds is 8. The minimum Gasteiger partial charge on any atom is -0.507 e. The Balaban J connectivity index is 2.10. The Labute approximate surface area is 183 Å². The molecule has 0 bridgehead atoms. The van der Waals surface area contributed by atoms with Crippen molar-refractivity contribution in [3.63, 3.8) is 0 Å². The summed E-state index contributed by atoms with van der Waals surface area (Å²) in [6.45, 7) is 6.98. The Hall–Kier alpha value is -3.28. The highest BCUT2D eigenvalue weighted by Crippen LogP contribution is 2.40. The second-order valence-corrected chi connectivity index (χ2v) is 8.00. The summed E-state index contributed by atoms with van der Waals surface area (Å²) >= 11 is 0. The normalized spacial score (nSPS) is 18.0. The summed E-state index contributed by atoms with van der Waals surface area (Å²) in [7, 11) is 1.56. The van der Waals surface area contributed by atoms with Crippen LogP contribution >= 0.6 is 0 Å². The molecule has 1 saturated heterocycles. The van der Waals surface area contributed by atoms with Crippen LogP contribution in [0.15, 0.2) is 54.1 Å². The van der Waals surface area contributed by atoms with Gasteiger partial charge in [0.15, 0.2) is 0 Å². The van der Waals surface area contributed by atoms with Crippen LogP contribution in [0.3, 0.4) is 0 Å². The molecule has 6 heteroatoms. The maximum absolute atomic E-state index is 13.0. The zero-order chi connectivity index (χ0) is 22.5. The van der Waals surface area contributed by atoms with E-state index in [1.165, 1.54) is 4.90 Å². The van der Waals surface area contributed by atoms with Crippen molar-refractivity contribution in [2.45, 2.75) is 33.2 Å². The first-order valence-electron chi connectivity index (χ1n) is 10.5. The lowest BCUT2D eigenvalue weighted by Gasteiger charge is -2.25. The number of nitrogens with zero attached hydrogens (tertiary/aromatic N) is 1. The molecule has 3 rings (SSSR count). The quantitative estimate of drug-likeness (QED) is 0.383. The molecule has 6 nitrogen and oxygen atoms in total. The molecule has 1 aliphatic rings. The topological polar surface area (TPSA) is 76.1 Å². The van der Waals surface area contributed by atoms with Gasteiger partial charge >= 0.3 is 0 Å². The number of benzene rings is 2. The summed E-state index contributed by atoms with van der Waals surface area (Å²) < 4.78 is 11.1. The second kappa shape index (κ2) is 9.69. The third-order valence-electron chi connectivity index (χ3n) is 5.10. The zero-order valence-electron chi connectivity index (χ0n) is 18.4. The number of aliphatic hydroxyl groups excluding tert-OH is 1. The lowest BCUT2D eigenvalue weighted by atomic mass is 9.95. The average molecular weight is 424 g/mol. The van der Waals surface area contributed by atoms with E-state index in [4.69, 9.17) is 9.47 Å². The van der Waals surface area contributed by atoms with Crippen LogP contribution in [-0.4, -0.2) is 42.0 Å². The van der Waals surface area contributed by atoms with Crippen LogP contribution in [0.1, 0.15) is 44.4 Å². The fraction of sp³-hybridized carbons (Fsp3) is 0.360. The van der Waals surface area contributed by atoms with Crippen molar-refractivity contribution in [3.8, 4) is 11.5 Å². The molecular formula is C25H29NO5. The van der Waals surface area contributed by atoms with Gasteiger partial charge in [-0.1, -0.05) is 45.0 Å². The molecule has 1 unspecified atom stereocenters. The minimum atomic E-state index is -0.688. The van der Waals surface area contributed by atoms with Crippen LogP contribution < -0.4 is 9.47 Å². The molecule has 31 heavy (non-hydrogen) atoms. The van der Waals surface area contributed by atoms with Gasteiger partial charge in [-0.2, -0.15) is 0 Å². The Kier molecular flexibility index (Phi) is 7.00. The summed E-state index contributed by atoms with van der Waals surface area (Å²) in [5, 5.41) is 11.1. The molecular weight excluding hydrogens is 394 g/mol. The highest BCUT2D eigenvalue weighted by atomic mass is 16.5. The number of carbonyl (C=O) groups excluding carboxylic acids is 2. The maximum atomic E-state index is 13.0. The molecule has 0 aliphatic carbocycles. The van der Waals surface area contributed by atoms with Gasteiger partial charge < -0.3 is 19.5 Å². The van der Waals surface area contributed by atoms with Gasteiger partial charge in [0.05, 0.1) is 25.3 Å². The molecule has 1 amide bonds. The van der Waals surface area contributed by atoms with E-state index < -0.39 is 17.7 Å². The van der Waals surface area contributed by atoms with Crippen LogP contribution in [0.2, 0.25) is 0 Å². The highest BCUT2D eigenvalue weighted by Gasteiger charge is 2.45. The summed E-state index contributed by atoms with van der Waals surface area (Å²) in [4.78, 5) is 27.3. The van der Waals surface area contributed by atoms with Gasteiger partial charge in [0.1, 0.15) is 17.3 Å². The smallest absolute Gasteiger partial charge is 0.295 e. The monoisotopic (exact) mass is 423 g/mol. The molecule has 1 aliphatic heterocycles. The van der Waals surface area contributed by atoms with E-state index in [-0.39, 0.29) is 11.3 Å². The molecule has 1 heterocycles. The van der Waals surface area contributed by atoms with Crippen molar-refractivity contribution in [3.05, 3.63) is 65.2 Å². The lowest BCUT2D eigenvalue weighted by Crippen LogP contribution is -2.30. The van der Waals surface area contributed by atoms with Crippen LogP contribution in [0.5, 0.6) is 11.5 Å². The molecule has 0 saturated carbocycles. The number of carbonyl (C=O) groups is 2. The number of aliphatic hydroxyl groups is 1. The predicted octanol–water partition coefficient (Wildman–Crippen LogP) is 4.56. The van der Waals surface area contributed by atoms with E-state index >= 15 is 0 Å². The van der Waals surface area contributed by atoms with Crippen molar-refractivity contribution >= 4 is 17.4 Å². The number of likely N-dealkylation sites (tertiary alicyclic amines) is 1. The van der Waals surface area contributed by atoms with E-state index in [9.17, 15) is 14.7 Å². The Bertz CT molecular complexity index is 995. The van der Waals surface area contributed by atoms with Crippen LogP contribution in [0.25, 0.3) is 5.76 Å². The Morgan fingerprint density at radius 1 is 1.10 bits per heavy atom. The third-order valence-corrected chi connectivity index (χ3v) is 5.10. The minimum absolute atomic E-state index is 0.0766. The fourth-order valence-electron chi connectivity index (χ4n) is 3.66. The second-order valence-electron chi connectivity index (χ2n) is 8.00. The molecule has 164 valence electrons. The van der Waals surface area contributed by atoms with E-state index in [0.29, 0.717) is 48.1 Å². The SMILES string of the molecule is CCCN1C(=O)C(=O)/C(=C(\O)c2cccc(OCC(C)C)c2)C1c1cccc(OC)c1. The van der Waals surface area contributed by atoms with Crippen LogP contribution in [0, 0.1) is 5.92 Å². The van der Waals surface area contributed by atoms with E-state index in [0.717, 1.165) is 0 Å².